The summed E-state index contributed by atoms with van der Waals surface area (Å²) in [5, 5.41) is 11.7. The van der Waals surface area contributed by atoms with Crippen LogP contribution in [0.15, 0.2) is 63.3 Å². The van der Waals surface area contributed by atoms with Gasteiger partial charge in [0.05, 0.1) is 11.0 Å². The van der Waals surface area contributed by atoms with Crippen molar-refractivity contribution in [2.24, 2.45) is 0 Å². The molecular weight excluding hydrogens is 406 g/mol. The Bertz CT molecular complexity index is 899. The number of carbonyl (C=O) groups is 1. The Morgan fingerprint density at radius 2 is 1.79 bits per heavy atom. The fourth-order valence-corrected chi connectivity index (χ4v) is 5.93. The summed E-state index contributed by atoms with van der Waals surface area (Å²) < 4.78 is 1.74. The van der Waals surface area contributed by atoms with E-state index >= 15 is 0 Å². The molecule has 0 aliphatic rings. The third-order valence-electron chi connectivity index (χ3n) is 4.08. The Kier molecular flexibility index (Phi) is 7.94. The van der Waals surface area contributed by atoms with Gasteiger partial charge in [0.15, 0.2) is 8.68 Å². The number of benzene rings is 2. The first-order valence-corrected chi connectivity index (χ1v) is 11.9. The lowest BCUT2D eigenvalue weighted by molar-refractivity contribution is -0.118. The molecular formula is C21H23N3OS3. The molecule has 1 amide bonds. The molecule has 3 rings (SSSR count). The van der Waals surface area contributed by atoms with Crippen molar-refractivity contribution in [3.63, 3.8) is 0 Å². The maximum atomic E-state index is 11.8. The van der Waals surface area contributed by atoms with Crippen LogP contribution in [0.3, 0.4) is 0 Å². The van der Waals surface area contributed by atoms with Crippen LogP contribution in [0.4, 0.5) is 0 Å². The van der Waals surface area contributed by atoms with Crippen molar-refractivity contribution in [1.29, 1.82) is 0 Å². The summed E-state index contributed by atoms with van der Waals surface area (Å²) in [5.41, 5.74) is 3.78. The normalized spacial score (nSPS) is 11.9. The Labute approximate surface area is 178 Å². The van der Waals surface area contributed by atoms with Gasteiger partial charge in [-0.25, -0.2) is 0 Å². The number of nitrogens with zero attached hydrogens (tertiary/aromatic N) is 2. The molecule has 28 heavy (non-hydrogen) atoms. The van der Waals surface area contributed by atoms with Gasteiger partial charge in [0.1, 0.15) is 0 Å². The van der Waals surface area contributed by atoms with E-state index in [-0.39, 0.29) is 11.2 Å². The van der Waals surface area contributed by atoms with Gasteiger partial charge in [0, 0.05) is 6.54 Å². The first-order chi connectivity index (χ1) is 13.7. The lowest BCUT2D eigenvalue weighted by Gasteiger charge is -2.18. The second-order valence-electron chi connectivity index (χ2n) is 6.24. The third-order valence-corrected chi connectivity index (χ3v) is 7.51. The van der Waals surface area contributed by atoms with E-state index in [0.29, 0.717) is 12.3 Å². The predicted octanol–water partition coefficient (Wildman–Crippen LogP) is 5.35. The number of rotatable bonds is 9. The van der Waals surface area contributed by atoms with Gasteiger partial charge < -0.3 is 5.32 Å². The van der Waals surface area contributed by atoms with Crippen LogP contribution in [0.2, 0.25) is 0 Å². The third kappa shape index (κ3) is 5.83. The molecule has 0 aliphatic carbocycles. The van der Waals surface area contributed by atoms with Gasteiger partial charge in [0.2, 0.25) is 5.91 Å². The van der Waals surface area contributed by atoms with E-state index in [0.717, 1.165) is 15.1 Å². The van der Waals surface area contributed by atoms with E-state index in [1.54, 1.807) is 23.1 Å². The second-order valence-corrected chi connectivity index (χ2v) is 9.79. The minimum absolute atomic E-state index is 0.0401. The highest BCUT2D eigenvalue weighted by molar-refractivity contribution is 8.03. The molecule has 0 fully saturated rings. The predicted molar refractivity (Wildman–Crippen MR) is 119 cm³/mol. The quantitative estimate of drug-likeness (QED) is 0.465. The molecule has 0 bridgehead atoms. The molecule has 0 radical (unpaired) electrons. The van der Waals surface area contributed by atoms with E-state index in [4.69, 9.17) is 0 Å². The molecule has 1 heterocycles. The Morgan fingerprint density at radius 1 is 1.07 bits per heavy atom. The zero-order valence-corrected chi connectivity index (χ0v) is 18.4. The summed E-state index contributed by atoms with van der Waals surface area (Å²) in [4.78, 5) is 11.8. The van der Waals surface area contributed by atoms with Crippen molar-refractivity contribution in [2.75, 3.05) is 12.3 Å². The van der Waals surface area contributed by atoms with Gasteiger partial charge in [-0.15, -0.1) is 10.2 Å². The van der Waals surface area contributed by atoms with Gasteiger partial charge in [-0.05, 0) is 30.0 Å². The summed E-state index contributed by atoms with van der Waals surface area (Å²) in [6, 6.07) is 18.9. The topological polar surface area (TPSA) is 54.9 Å². The van der Waals surface area contributed by atoms with Gasteiger partial charge in [0.25, 0.3) is 0 Å². The average Bonchev–Trinajstić information content (AvgIpc) is 3.18. The van der Waals surface area contributed by atoms with E-state index in [2.05, 4.69) is 71.0 Å². The number of carbonyl (C=O) groups excluding carboxylic acids is 1. The Balaban J connectivity index is 1.73. The molecule has 0 saturated carbocycles. The Morgan fingerprint density at radius 3 is 2.54 bits per heavy atom. The number of aromatic nitrogens is 2. The summed E-state index contributed by atoms with van der Waals surface area (Å²) in [6.45, 7) is 4.90. The van der Waals surface area contributed by atoms with Crippen LogP contribution >= 0.6 is 34.9 Å². The van der Waals surface area contributed by atoms with E-state index in [9.17, 15) is 4.79 Å². The van der Waals surface area contributed by atoms with Crippen LogP contribution in [0, 0.1) is 6.92 Å². The highest BCUT2D eigenvalue weighted by Crippen LogP contribution is 2.43. The first kappa shape index (κ1) is 20.9. The standard InChI is InChI=1S/C21H23N3OS3/c1-3-13-22-18(25)14-26-20-23-24-21(28-20)27-19(16-10-5-4-6-11-16)17-12-8-7-9-15(17)2/h4-12,19H,3,13-14H2,1-2H3,(H,22,25). The first-order valence-electron chi connectivity index (χ1n) is 9.17. The lowest BCUT2D eigenvalue weighted by Crippen LogP contribution is -2.25. The van der Waals surface area contributed by atoms with Crippen LogP contribution < -0.4 is 5.32 Å². The highest BCUT2D eigenvalue weighted by Gasteiger charge is 2.20. The molecule has 0 spiro atoms. The van der Waals surface area contributed by atoms with Crippen molar-refractivity contribution >= 4 is 40.8 Å². The zero-order chi connectivity index (χ0) is 19.8. The van der Waals surface area contributed by atoms with Crippen molar-refractivity contribution in [3.05, 3.63) is 71.3 Å². The van der Waals surface area contributed by atoms with Crippen molar-refractivity contribution < 1.29 is 4.79 Å². The fourth-order valence-electron chi connectivity index (χ4n) is 2.67. The van der Waals surface area contributed by atoms with E-state index in [1.807, 2.05) is 13.0 Å². The molecule has 7 heteroatoms. The van der Waals surface area contributed by atoms with Crippen LogP contribution in [-0.2, 0) is 4.79 Å². The minimum atomic E-state index is 0.0401. The monoisotopic (exact) mass is 429 g/mol. The van der Waals surface area contributed by atoms with Gasteiger partial charge in [-0.2, -0.15) is 0 Å². The van der Waals surface area contributed by atoms with Gasteiger partial charge in [-0.3, -0.25) is 4.79 Å². The maximum Gasteiger partial charge on any atom is 0.230 e. The van der Waals surface area contributed by atoms with Crippen molar-refractivity contribution in [2.45, 2.75) is 34.2 Å². The van der Waals surface area contributed by atoms with Crippen molar-refractivity contribution in [1.82, 2.24) is 15.5 Å². The molecule has 2 aromatic carbocycles. The molecule has 0 aliphatic heterocycles. The van der Waals surface area contributed by atoms with E-state index in [1.165, 1.54) is 28.5 Å². The minimum Gasteiger partial charge on any atom is -0.355 e. The van der Waals surface area contributed by atoms with E-state index < -0.39 is 0 Å². The highest BCUT2D eigenvalue weighted by atomic mass is 32.2. The van der Waals surface area contributed by atoms with Gasteiger partial charge >= 0.3 is 0 Å². The second kappa shape index (κ2) is 10.6. The molecule has 4 nitrogen and oxygen atoms in total. The average molecular weight is 430 g/mol. The van der Waals surface area contributed by atoms with Crippen molar-refractivity contribution in [3.8, 4) is 0 Å². The fraction of sp³-hybridized carbons (Fsp3) is 0.286. The number of nitrogens with one attached hydrogen (secondary N) is 1. The van der Waals surface area contributed by atoms with Crippen LogP contribution in [0.5, 0.6) is 0 Å². The summed E-state index contributed by atoms with van der Waals surface area (Å²) in [7, 11) is 0. The lowest BCUT2D eigenvalue weighted by atomic mass is 10.0. The number of hydrogen-bond acceptors (Lipinski definition) is 6. The summed E-state index contributed by atoms with van der Waals surface area (Å²) in [5.74, 6) is 0.414. The van der Waals surface area contributed by atoms with Crippen LogP contribution in [0.1, 0.15) is 35.3 Å². The molecule has 1 unspecified atom stereocenters. The number of aryl methyl sites for hydroxylation is 1. The number of amides is 1. The zero-order valence-electron chi connectivity index (χ0n) is 15.9. The van der Waals surface area contributed by atoms with Crippen LogP contribution in [0.25, 0.3) is 0 Å². The molecule has 146 valence electrons. The molecule has 0 saturated heterocycles. The SMILES string of the molecule is CCCNC(=O)CSc1nnc(SC(c2ccccc2)c2ccccc2C)s1. The van der Waals surface area contributed by atoms with Gasteiger partial charge in [-0.1, -0.05) is 96.4 Å². The summed E-state index contributed by atoms with van der Waals surface area (Å²) in [6.07, 6.45) is 0.940. The smallest absolute Gasteiger partial charge is 0.230 e. The number of thioether (sulfide) groups is 2. The molecule has 1 atom stereocenters. The molecule has 3 aromatic rings. The van der Waals surface area contributed by atoms with Crippen LogP contribution in [-0.4, -0.2) is 28.4 Å². The number of hydrogen-bond donors (Lipinski definition) is 1. The molecule has 1 N–H and O–H groups in total. The summed E-state index contributed by atoms with van der Waals surface area (Å²) >= 11 is 4.70. The maximum absolute atomic E-state index is 11.8. The Hall–Kier alpha value is -1.83. The molecule has 1 aromatic heterocycles. The largest absolute Gasteiger partial charge is 0.355 e.